The van der Waals surface area contributed by atoms with Crippen LogP contribution in [0.5, 0.6) is 5.75 Å². The molecular formula is C18H23N3O2S. The largest absolute Gasteiger partial charge is 0.496 e. The Morgan fingerprint density at radius 1 is 1.21 bits per heavy atom. The van der Waals surface area contributed by atoms with E-state index in [1.54, 1.807) is 7.11 Å². The number of aromatic nitrogens is 2. The van der Waals surface area contributed by atoms with Gasteiger partial charge in [0.1, 0.15) is 5.75 Å². The highest BCUT2D eigenvalue weighted by molar-refractivity contribution is 8.00. The van der Waals surface area contributed by atoms with Gasteiger partial charge in [-0.1, -0.05) is 30.0 Å². The molecule has 1 aromatic heterocycles. The quantitative estimate of drug-likeness (QED) is 0.643. The van der Waals surface area contributed by atoms with Crippen molar-refractivity contribution in [2.75, 3.05) is 7.11 Å². The lowest BCUT2D eigenvalue weighted by Crippen LogP contribution is -2.30. The van der Waals surface area contributed by atoms with Crippen molar-refractivity contribution in [2.24, 2.45) is 0 Å². The Morgan fingerprint density at radius 2 is 1.83 bits per heavy atom. The number of nitrogens with zero attached hydrogens (tertiary/aromatic N) is 2. The first kappa shape index (κ1) is 18.3. The molecule has 0 aliphatic heterocycles. The zero-order chi connectivity index (χ0) is 17.7. The molecule has 128 valence electrons. The van der Waals surface area contributed by atoms with Crippen molar-refractivity contribution in [3.8, 4) is 5.75 Å². The lowest BCUT2D eigenvalue weighted by atomic mass is 10.2. The molecule has 0 spiro atoms. The summed E-state index contributed by atoms with van der Waals surface area (Å²) in [7, 11) is 1.62. The Bertz CT molecular complexity index is 711. The summed E-state index contributed by atoms with van der Waals surface area (Å²) in [5.74, 6) is 0.719. The van der Waals surface area contributed by atoms with Gasteiger partial charge in [0, 0.05) is 23.5 Å². The first-order valence-electron chi connectivity index (χ1n) is 7.80. The third-order valence-electron chi connectivity index (χ3n) is 3.91. The van der Waals surface area contributed by atoms with E-state index in [0.717, 1.165) is 28.3 Å². The maximum absolute atomic E-state index is 12.3. The average molecular weight is 345 g/mol. The van der Waals surface area contributed by atoms with Crippen molar-refractivity contribution in [3.63, 3.8) is 0 Å². The lowest BCUT2D eigenvalue weighted by Gasteiger charge is -2.14. The van der Waals surface area contributed by atoms with Crippen molar-refractivity contribution in [1.82, 2.24) is 15.3 Å². The molecule has 0 saturated heterocycles. The van der Waals surface area contributed by atoms with Crippen LogP contribution in [0.4, 0.5) is 0 Å². The normalized spacial score (nSPS) is 11.9. The Morgan fingerprint density at radius 3 is 2.46 bits per heavy atom. The summed E-state index contributed by atoms with van der Waals surface area (Å²) in [6.45, 7) is 8.21. The monoisotopic (exact) mass is 345 g/mol. The summed E-state index contributed by atoms with van der Waals surface area (Å²) in [6, 6.07) is 7.65. The van der Waals surface area contributed by atoms with E-state index in [-0.39, 0.29) is 11.2 Å². The lowest BCUT2D eigenvalue weighted by molar-refractivity contribution is -0.120. The van der Waals surface area contributed by atoms with E-state index in [1.807, 2.05) is 52.0 Å². The summed E-state index contributed by atoms with van der Waals surface area (Å²) < 4.78 is 5.29. The second-order valence-corrected chi connectivity index (χ2v) is 6.90. The van der Waals surface area contributed by atoms with Crippen molar-refractivity contribution in [3.05, 3.63) is 46.8 Å². The van der Waals surface area contributed by atoms with Gasteiger partial charge in [-0.05, 0) is 39.3 Å². The number of benzene rings is 1. The van der Waals surface area contributed by atoms with Crippen LogP contribution in [0, 0.1) is 20.8 Å². The van der Waals surface area contributed by atoms with E-state index in [9.17, 15) is 4.79 Å². The molecule has 0 radical (unpaired) electrons. The second-order valence-electron chi connectivity index (χ2n) is 5.59. The van der Waals surface area contributed by atoms with E-state index >= 15 is 0 Å². The van der Waals surface area contributed by atoms with Gasteiger partial charge in [-0.15, -0.1) is 0 Å². The van der Waals surface area contributed by atoms with Crippen LogP contribution in [0.15, 0.2) is 29.4 Å². The predicted octanol–water partition coefficient (Wildman–Crippen LogP) is 3.21. The van der Waals surface area contributed by atoms with E-state index in [4.69, 9.17) is 4.74 Å². The third kappa shape index (κ3) is 4.47. The van der Waals surface area contributed by atoms with E-state index < -0.39 is 0 Å². The van der Waals surface area contributed by atoms with Crippen LogP contribution in [0.1, 0.15) is 29.4 Å². The van der Waals surface area contributed by atoms with Crippen LogP contribution in [0.2, 0.25) is 0 Å². The van der Waals surface area contributed by atoms with Gasteiger partial charge in [0.15, 0.2) is 5.16 Å². The van der Waals surface area contributed by atoms with Gasteiger partial charge in [-0.3, -0.25) is 4.79 Å². The number of methoxy groups -OCH3 is 1. The molecule has 2 aromatic rings. The zero-order valence-corrected chi connectivity index (χ0v) is 15.5. The van der Waals surface area contributed by atoms with Gasteiger partial charge >= 0.3 is 0 Å². The van der Waals surface area contributed by atoms with Crippen molar-refractivity contribution in [1.29, 1.82) is 0 Å². The minimum Gasteiger partial charge on any atom is -0.496 e. The fourth-order valence-corrected chi connectivity index (χ4v) is 3.07. The number of carbonyl (C=O) groups excluding carboxylic acids is 1. The number of rotatable bonds is 6. The molecule has 1 aromatic carbocycles. The predicted molar refractivity (Wildman–Crippen MR) is 96.4 cm³/mol. The standard InChI is InChI=1S/C18H23N3O2S/c1-11-12(2)20-18(21-13(11)3)24-14(4)17(22)19-10-15-8-6-7-9-16(15)23-5/h6-9,14H,10H2,1-5H3,(H,19,22)/t14-/m1/s1. The minimum atomic E-state index is -0.277. The molecule has 0 aliphatic carbocycles. The number of aryl methyl sites for hydroxylation is 2. The van der Waals surface area contributed by atoms with Gasteiger partial charge in [0.25, 0.3) is 0 Å². The van der Waals surface area contributed by atoms with Crippen LogP contribution >= 0.6 is 11.8 Å². The van der Waals surface area contributed by atoms with E-state index in [0.29, 0.717) is 11.7 Å². The molecule has 0 unspecified atom stereocenters. The number of ether oxygens (including phenoxy) is 1. The maximum atomic E-state index is 12.3. The molecule has 0 saturated carbocycles. The van der Waals surface area contributed by atoms with Crippen LogP contribution in [0.25, 0.3) is 0 Å². The molecule has 0 fully saturated rings. The van der Waals surface area contributed by atoms with Crippen LogP contribution in [-0.4, -0.2) is 28.2 Å². The molecule has 1 heterocycles. The Labute approximate surface area is 147 Å². The van der Waals surface area contributed by atoms with Crippen LogP contribution in [0.3, 0.4) is 0 Å². The van der Waals surface area contributed by atoms with Gasteiger partial charge in [-0.2, -0.15) is 0 Å². The SMILES string of the molecule is COc1ccccc1CNC(=O)[C@@H](C)Sc1nc(C)c(C)c(C)n1. The van der Waals surface area contributed by atoms with Gasteiger partial charge in [0.05, 0.1) is 12.4 Å². The first-order valence-corrected chi connectivity index (χ1v) is 8.68. The number of amides is 1. The maximum Gasteiger partial charge on any atom is 0.233 e. The molecule has 0 bridgehead atoms. The summed E-state index contributed by atoms with van der Waals surface area (Å²) in [6.07, 6.45) is 0. The molecule has 1 N–H and O–H groups in total. The number of carbonyl (C=O) groups is 1. The summed E-state index contributed by atoms with van der Waals surface area (Å²) in [5.41, 5.74) is 3.94. The Hall–Kier alpha value is -2.08. The minimum absolute atomic E-state index is 0.0506. The summed E-state index contributed by atoms with van der Waals surface area (Å²) in [4.78, 5) is 21.2. The average Bonchev–Trinajstić information content (AvgIpc) is 2.57. The summed E-state index contributed by atoms with van der Waals surface area (Å²) >= 11 is 1.37. The number of thioether (sulfide) groups is 1. The molecule has 1 amide bonds. The zero-order valence-electron chi connectivity index (χ0n) is 14.7. The molecule has 6 heteroatoms. The van der Waals surface area contributed by atoms with Gasteiger partial charge in [0.2, 0.25) is 5.91 Å². The molecule has 1 atom stereocenters. The van der Waals surface area contributed by atoms with E-state index in [1.165, 1.54) is 11.8 Å². The fraction of sp³-hybridized carbons (Fsp3) is 0.389. The van der Waals surface area contributed by atoms with Crippen LogP contribution in [-0.2, 0) is 11.3 Å². The smallest absolute Gasteiger partial charge is 0.233 e. The number of nitrogens with one attached hydrogen (secondary N) is 1. The second kappa shape index (κ2) is 8.15. The van der Waals surface area contributed by atoms with E-state index in [2.05, 4.69) is 15.3 Å². The number of hydrogen-bond donors (Lipinski definition) is 1. The third-order valence-corrected chi connectivity index (χ3v) is 4.87. The molecular weight excluding hydrogens is 322 g/mol. The van der Waals surface area contributed by atoms with Crippen LogP contribution < -0.4 is 10.1 Å². The number of hydrogen-bond acceptors (Lipinski definition) is 5. The van der Waals surface area contributed by atoms with Crippen molar-refractivity contribution < 1.29 is 9.53 Å². The molecule has 5 nitrogen and oxygen atoms in total. The van der Waals surface area contributed by atoms with Gasteiger partial charge in [-0.25, -0.2) is 9.97 Å². The highest BCUT2D eigenvalue weighted by atomic mass is 32.2. The highest BCUT2D eigenvalue weighted by Gasteiger charge is 2.17. The topological polar surface area (TPSA) is 64.1 Å². The highest BCUT2D eigenvalue weighted by Crippen LogP contribution is 2.22. The molecule has 2 rings (SSSR count). The number of para-hydroxylation sites is 1. The van der Waals surface area contributed by atoms with Crippen molar-refractivity contribution in [2.45, 2.75) is 44.6 Å². The van der Waals surface area contributed by atoms with Crippen molar-refractivity contribution >= 4 is 17.7 Å². The fourth-order valence-electron chi connectivity index (χ4n) is 2.18. The Kier molecular flexibility index (Phi) is 6.20. The summed E-state index contributed by atoms with van der Waals surface area (Å²) in [5, 5.41) is 3.30. The first-order chi connectivity index (χ1) is 11.4. The van der Waals surface area contributed by atoms with Gasteiger partial charge < -0.3 is 10.1 Å². The Balaban J connectivity index is 1.97. The molecule has 0 aliphatic rings. The molecule has 24 heavy (non-hydrogen) atoms.